The molecule has 6 nitrogen and oxygen atoms in total. The number of amides is 1. The molecule has 1 N–H and O–H groups in total. The molecular weight excluding hydrogens is 396 g/mol. The quantitative estimate of drug-likeness (QED) is 0.432. The summed E-state index contributed by atoms with van der Waals surface area (Å²) >= 11 is 6.53. The van der Waals surface area contributed by atoms with Crippen LogP contribution >= 0.6 is 24.0 Å². The Hall–Kier alpha value is -1.90. The number of ether oxygens (including phenoxy) is 1. The molecule has 0 spiro atoms. The summed E-state index contributed by atoms with van der Waals surface area (Å²) < 4.78 is 6.40. The molecule has 1 fully saturated rings. The number of carboxylic acid groups (broad SMARTS) is 1. The van der Waals surface area contributed by atoms with Crippen LogP contribution in [0.5, 0.6) is 5.75 Å². The minimum atomic E-state index is -0.878. The first-order valence-electron chi connectivity index (χ1n) is 9.37. The third-order valence-corrected chi connectivity index (χ3v) is 5.79. The lowest BCUT2D eigenvalue weighted by atomic mass is 10.2. The largest absolute Gasteiger partial charge is 0.492 e. The van der Waals surface area contributed by atoms with E-state index in [1.807, 2.05) is 24.3 Å². The van der Waals surface area contributed by atoms with Gasteiger partial charge in [0, 0.05) is 25.1 Å². The molecule has 1 aromatic rings. The van der Waals surface area contributed by atoms with E-state index < -0.39 is 5.97 Å². The number of nitrogens with zero attached hydrogens (tertiary/aromatic N) is 2. The first kappa shape index (κ1) is 22.4. The van der Waals surface area contributed by atoms with Crippen molar-refractivity contribution in [3.63, 3.8) is 0 Å². The van der Waals surface area contributed by atoms with Gasteiger partial charge in [0.25, 0.3) is 5.91 Å². The van der Waals surface area contributed by atoms with Crippen LogP contribution in [0.2, 0.25) is 0 Å². The second-order valence-electron chi connectivity index (χ2n) is 6.24. The molecule has 152 valence electrons. The molecule has 1 aromatic carbocycles. The van der Waals surface area contributed by atoms with E-state index in [2.05, 4.69) is 18.7 Å². The molecule has 8 heteroatoms. The molecule has 2 rings (SSSR count). The number of carboxylic acids is 1. The fraction of sp³-hybridized carbons (Fsp3) is 0.450. The second-order valence-corrected chi connectivity index (χ2v) is 7.92. The summed E-state index contributed by atoms with van der Waals surface area (Å²) in [5.41, 5.74) is 0.827. The Bertz CT molecular complexity index is 747. The van der Waals surface area contributed by atoms with Gasteiger partial charge >= 0.3 is 5.97 Å². The van der Waals surface area contributed by atoms with Gasteiger partial charge in [0.05, 0.1) is 4.91 Å². The Morgan fingerprint density at radius 3 is 2.71 bits per heavy atom. The number of likely N-dealkylation sites (N-methyl/N-ethyl adjacent to an activating group) is 1. The highest BCUT2D eigenvalue weighted by Crippen LogP contribution is 2.34. The number of thioether (sulfide) groups is 1. The number of aliphatic carboxylic acids is 1. The van der Waals surface area contributed by atoms with E-state index in [1.54, 1.807) is 6.08 Å². The lowest BCUT2D eigenvalue weighted by Gasteiger charge is -2.18. The van der Waals surface area contributed by atoms with Crippen molar-refractivity contribution in [2.24, 2.45) is 0 Å². The second kappa shape index (κ2) is 11.2. The van der Waals surface area contributed by atoms with Crippen LogP contribution in [0.3, 0.4) is 0 Å². The summed E-state index contributed by atoms with van der Waals surface area (Å²) in [6.45, 7) is 7.93. The minimum absolute atomic E-state index is 0.0132. The summed E-state index contributed by atoms with van der Waals surface area (Å²) in [4.78, 5) is 27.6. The molecule has 1 aliphatic heterocycles. The molecule has 0 atom stereocenters. The monoisotopic (exact) mass is 422 g/mol. The number of hydrogen-bond donors (Lipinski definition) is 1. The lowest BCUT2D eigenvalue weighted by Crippen LogP contribution is -2.29. The molecule has 0 radical (unpaired) electrons. The van der Waals surface area contributed by atoms with Gasteiger partial charge in [-0.05, 0) is 31.7 Å². The zero-order chi connectivity index (χ0) is 20.5. The van der Waals surface area contributed by atoms with Gasteiger partial charge in [-0.1, -0.05) is 56.0 Å². The average Bonchev–Trinajstić information content (AvgIpc) is 2.93. The van der Waals surface area contributed by atoms with Crippen molar-refractivity contribution in [3.8, 4) is 5.75 Å². The normalized spacial score (nSPS) is 15.7. The third-order valence-electron chi connectivity index (χ3n) is 4.41. The molecule has 0 bridgehead atoms. The number of benzene rings is 1. The van der Waals surface area contributed by atoms with Crippen LogP contribution in [-0.4, -0.2) is 63.9 Å². The predicted octanol–water partition coefficient (Wildman–Crippen LogP) is 3.47. The Kier molecular flexibility index (Phi) is 8.95. The maximum atomic E-state index is 12.6. The summed E-state index contributed by atoms with van der Waals surface area (Å²) in [6, 6.07) is 7.60. The smallest absolute Gasteiger partial charge is 0.303 e. The Morgan fingerprint density at radius 1 is 1.32 bits per heavy atom. The van der Waals surface area contributed by atoms with Crippen LogP contribution in [0.15, 0.2) is 29.2 Å². The highest BCUT2D eigenvalue weighted by atomic mass is 32.2. The topological polar surface area (TPSA) is 70.1 Å². The number of carbonyl (C=O) groups excluding carboxylic acids is 1. The summed E-state index contributed by atoms with van der Waals surface area (Å²) in [5.74, 6) is -0.332. The zero-order valence-electron chi connectivity index (χ0n) is 16.2. The Morgan fingerprint density at radius 2 is 2.04 bits per heavy atom. The van der Waals surface area contributed by atoms with Crippen LogP contribution in [0, 0.1) is 0 Å². The van der Waals surface area contributed by atoms with Gasteiger partial charge < -0.3 is 14.7 Å². The maximum Gasteiger partial charge on any atom is 0.303 e. The Balaban J connectivity index is 2.05. The highest BCUT2D eigenvalue weighted by molar-refractivity contribution is 8.26. The number of rotatable bonds is 11. The van der Waals surface area contributed by atoms with Crippen LogP contribution < -0.4 is 4.74 Å². The number of carbonyl (C=O) groups is 2. The van der Waals surface area contributed by atoms with Crippen LogP contribution in [0.25, 0.3) is 6.08 Å². The van der Waals surface area contributed by atoms with Crippen molar-refractivity contribution in [2.75, 3.05) is 32.8 Å². The fourth-order valence-electron chi connectivity index (χ4n) is 2.78. The van der Waals surface area contributed by atoms with Crippen molar-refractivity contribution in [1.29, 1.82) is 0 Å². The molecular formula is C20H26N2O4S2. The zero-order valence-corrected chi connectivity index (χ0v) is 17.9. The Labute approximate surface area is 175 Å². The molecule has 0 aliphatic carbocycles. The van der Waals surface area contributed by atoms with Gasteiger partial charge in [0.1, 0.15) is 16.7 Å². The van der Waals surface area contributed by atoms with Crippen LogP contribution in [-0.2, 0) is 9.59 Å². The van der Waals surface area contributed by atoms with E-state index in [4.69, 9.17) is 22.1 Å². The van der Waals surface area contributed by atoms with E-state index >= 15 is 0 Å². The van der Waals surface area contributed by atoms with Crippen molar-refractivity contribution in [1.82, 2.24) is 9.80 Å². The van der Waals surface area contributed by atoms with E-state index in [1.165, 1.54) is 16.7 Å². The van der Waals surface area contributed by atoms with Crippen molar-refractivity contribution in [2.45, 2.75) is 26.7 Å². The van der Waals surface area contributed by atoms with Crippen molar-refractivity contribution in [3.05, 3.63) is 34.7 Å². The van der Waals surface area contributed by atoms with Gasteiger partial charge in [-0.3, -0.25) is 14.5 Å². The van der Waals surface area contributed by atoms with E-state index in [0.717, 1.165) is 30.9 Å². The standard InChI is InChI=1S/C20H26N2O4S2/c1-3-21(4-2)12-13-26-16-9-6-5-8-15(16)14-17-19(25)22(20(27)28-17)11-7-10-18(23)24/h5-6,8-9,14H,3-4,7,10-13H2,1-2H3,(H,23,24). The van der Waals surface area contributed by atoms with Gasteiger partial charge in [0.2, 0.25) is 0 Å². The first-order chi connectivity index (χ1) is 13.5. The minimum Gasteiger partial charge on any atom is -0.492 e. The molecule has 1 saturated heterocycles. The van der Waals surface area contributed by atoms with E-state index in [9.17, 15) is 9.59 Å². The average molecular weight is 423 g/mol. The van der Waals surface area contributed by atoms with Gasteiger partial charge in [0.15, 0.2) is 0 Å². The van der Waals surface area contributed by atoms with Crippen LogP contribution in [0.1, 0.15) is 32.3 Å². The summed E-state index contributed by atoms with van der Waals surface area (Å²) in [6.07, 6.45) is 2.18. The lowest BCUT2D eigenvalue weighted by molar-refractivity contribution is -0.137. The van der Waals surface area contributed by atoms with Crippen LogP contribution in [0.4, 0.5) is 0 Å². The summed E-state index contributed by atoms with van der Waals surface area (Å²) in [5, 5.41) is 8.76. The molecule has 28 heavy (non-hydrogen) atoms. The molecule has 0 aromatic heterocycles. The van der Waals surface area contributed by atoms with Gasteiger partial charge in [-0.25, -0.2) is 0 Å². The van der Waals surface area contributed by atoms with E-state index in [-0.39, 0.29) is 12.3 Å². The van der Waals surface area contributed by atoms with Crippen molar-refractivity contribution >= 4 is 46.3 Å². The van der Waals surface area contributed by atoms with Crippen molar-refractivity contribution < 1.29 is 19.4 Å². The molecule has 1 aliphatic rings. The molecule has 0 saturated carbocycles. The molecule has 0 unspecified atom stereocenters. The predicted molar refractivity (Wildman–Crippen MR) is 116 cm³/mol. The number of hydrogen-bond acceptors (Lipinski definition) is 6. The number of para-hydroxylation sites is 1. The van der Waals surface area contributed by atoms with Gasteiger partial charge in [-0.2, -0.15) is 0 Å². The first-order valence-corrected chi connectivity index (χ1v) is 10.6. The number of thiocarbonyl (C=S) groups is 1. The fourth-order valence-corrected chi connectivity index (χ4v) is 4.08. The molecule has 1 heterocycles. The molecule has 1 amide bonds. The van der Waals surface area contributed by atoms with Gasteiger partial charge in [-0.15, -0.1) is 0 Å². The highest BCUT2D eigenvalue weighted by Gasteiger charge is 2.31. The third kappa shape index (κ3) is 6.32. The van der Waals surface area contributed by atoms with E-state index in [0.29, 0.717) is 28.8 Å². The SMILES string of the molecule is CCN(CC)CCOc1ccccc1C=C1SC(=S)N(CCCC(=O)O)C1=O. The summed E-state index contributed by atoms with van der Waals surface area (Å²) in [7, 11) is 0. The maximum absolute atomic E-state index is 12.6.